The van der Waals surface area contributed by atoms with Crippen molar-refractivity contribution in [3.8, 4) is 12.3 Å². The summed E-state index contributed by atoms with van der Waals surface area (Å²) in [4.78, 5) is 12.7. The number of carbonyl (C=O) groups excluding carboxylic acids is 1. The zero-order chi connectivity index (χ0) is 8.97. The molecule has 0 spiro atoms. The average Bonchev–Trinajstić information content (AvgIpc) is 2.55. The van der Waals surface area contributed by atoms with Crippen molar-refractivity contribution in [3.63, 3.8) is 0 Å². The monoisotopic (exact) mass is 164 g/mol. The molecule has 0 aromatic carbocycles. The van der Waals surface area contributed by atoms with Crippen LogP contribution in [0.2, 0.25) is 0 Å². The van der Waals surface area contributed by atoms with Gasteiger partial charge in [0, 0.05) is 13.1 Å². The quantitative estimate of drug-likeness (QED) is 0.593. The van der Waals surface area contributed by atoms with Crippen LogP contribution in [0.1, 0.15) is 10.5 Å². The molecule has 4 nitrogen and oxygen atoms in total. The van der Waals surface area contributed by atoms with Crippen molar-refractivity contribution < 1.29 is 9.32 Å². The molecule has 0 unspecified atom stereocenters. The van der Waals surface area contributed by atoms with Crippen LogP contribution in [0, 0.1) is 12.3 Å². The maximum Gasteiger partial charge on any atom is 0.276 e. The molecule has 1 aromatic rings. The fourth-order valence-electron chi connectivity index (χ4n) is 0.727. The van der Waals surface area contributed by atoms with Crippen LogP contribution in [-0.4, -0.2) is 29.6 Å². The Hall–Kier alpha value is -1.76. The molecular formula is C8H8N2O2. The molecule has 0 fully saturated rings. The molecule has 12 heavy (non-hydrogen) atoms. The Morgan fingerprint density at radius 2 is 2.67 bits per heavy atom. The lowest BCUT2D eigenvalue weighted by atomic mass is 10.4. The third kappa shape index (κ3) is 1.64. The zero-order valence-corrected chi connectivity index (χ0v) is 6.65. The number of nitrogens with zero attached hydrogens (tertiary/aromatic N) is 2. The first kappa shape index (κ1) is 8.34. The van der Waals surface area contributed by atoms with E-state index in [2.05, 4.69) is 15.6 Å². The second kappa shape index (κ2) is 3.58. The van der Waals surface area contributed by atoms with Gasteiger partial charge in [-0.2, -0.15) is 0 Å². The highest BCUT2D eigenvalue weighted by Crippen LogP contribution is 1.98. The Labute approximate surface area is 70.1 Å². The van der Waals surface area contributed by atoms with Gasteiger partial charge in [0.05, 0.1) is 6.54 Å². The summed E-state index contributed by atoms with van der Waals surface area (Å²) in [5.41, 5.74) is 0.271. The molecular weight excluding hydrogens is 156 g/mol. The van der Waals surface area contributed by atoms with Crippen LogP contribution in [0.25, 0.3) is 0 Å². The molecule has 1 amide bonds. The van der Waals surface area contributed by atoms with Gasteiger partial charge in [-0.05, 0) is 0 Å². The second-order valence-corrected chi connectivity index (χ2v) is 2.25. The molecule has 0 bridgehead atoms. The highest BCUT2D eigenvalue weighted by Gasteiger charge is 2.12. The Bertz CT molecular complexity index is 297. The van der Waals surface area contributed by atoms with Gasteiger partial charge in [0.25, 0.3) is 5.91 Å². The normalized spacial score (nSPS) is 9.00. The SMILES string of the molecule is C#CCN(C)C(=O)c1ccon1. The maximum absolute atomic E-state index is 11.3. The summed E-state index contributed by atoms with van der Waals surface area (Å²) in [7, 11) is 1.61. The maximum atomic E-state index is 11.3. The molecule has 1 heterocycles. The lowest BCUT2D eigenvalue weighted by Crippen LogP contribution is -2.27. The van der Waals surface area contributed by atoms with Crippen molar-refractivity contribution in [2.24, 2.45) is 0 Å². The predicted octanol–water partition coefficient (Wildman–Crippen LogP) is 0.380. The number of amides is 1. The van der Waals surface area contributed by atoms with Crippen LogP contribution in [-0.2, 0) is 0 Å². The minimum Gasteiger partial charge on any atom is -0.364 e. The van der Waals surface area contributed by atoms with Crippen molar-refractivity contribution in [1.82, 2.24) is 10.1 Å². The second-order valence-electron chi connectivity index (χ2n) is 2.25. The highest BCUT2D eigenvalue weighted by molar-refractivity contribution is 5.91. The number of carbonyl (C=O) groups is 1. The van der Waals surface area contributed by atoms with Crippen molar-refractivity contribution >= 4 is 5.91 Å². The molecule has 0 aliphatic heterocycles. The van der Waals surface area contributed by atoms with Gasteiger partial charge in [-0.3, -0.25) is 4.79 Å². The third-order valence-electron chi connectivity index (χ3n) is 1.33. The van der Waals surface area contributed by atoms with Gasteiger partial charge in [-0.15, -0.1) is 6.42 Å². The van der Waals surface area contributed by atoms with E-state index < -0.39 is 0 Å². The van der Waals surface area contributed by atoms with Gasteiger partial charge in [0.15, 0.2) is 5.69 Å². The molecule has 0 aliphatic rings. The number of hydrogen-bond donors (Lipinski definition) is 0. The van der Waals surface area contributed by atoms with Gasteiger partial charge in [-0.1, -0.05) is 11.1 Å². The molecule has 4 heteroatoms. The number of terminal acetylenes is 1. The van der Waals surface area contributed by atoms with E-state index in [1.807, 2.05) is 0 Å². The lowest BCUT2D eigenvalue weighted by molar-refractivity contribution is 0.0802. The molecule has 1 rings (SSSR count). The summed E-state index contributed by atoms with van der Waals surface area (Å²) in [5.74, 6) is 2.12. The minimum absolute atomic E-state index is 0.235. The summed E-state index contributed by atoms with van der Waals surface area (Å²) in [6, 6.07) is 1.50. The zero-order valence-electron chi connectivity index (χ0n) is 6.65. The Morgan fingerprint density at radius 3 is 3.17 bits per heavy atom. The number of hydrogen-bond acceptors (Lipinski definition) is 3. The van der Waals surface area contributed by atoms with E-state index in [1.54, 1.807) is 7.05 Å². The number of rotatable bonds is 2. The smallest absolute Gasteiger partial charge is 0.276 e. The van der Waals surface area contributed by atoms with E-state index in [4.69, 9.17) is 6.42 Å². The molecule has 0 N–H and O–H groups in total. The third-order valence-corrected chi connectivity index (χ3v) is 1.33. The van der Waals surface area contributed by atoms with Gasteiger partial charge in [0.1, 0.15) is 6.26 Å². The van der Waals surface area contributed by atoms with Crippen LogP contribution < -0.4 is 0 Å². The van der Waals surface area contributed by atoms with Gasteiger partial charge in [0.2, 0.25) is 0 Å². The minimum atomic E-state index is -0.235. The summed E-state index contributed by atoms with van der Waals surface area (Å²) in [6.45, 7) is 0.270. The van der Waals surface area contributed by atoms with E-state index in [1.165, 1.54) is 17.2 Å². The number of aromatic nitrogens is 1. The van der Waals surface area contributed by atoms with Crippen LogP contribution >= 0.6 is 0 Å². The van der Waals surface area contributed by atoms with Crippen LogP contribution in [0.5, 0.6) is 0 Å². The van der Waals surface area contributed by atoms with Crippen LogP contribution in [0.15, 0.2) is 16.9 Å². The van der Waals surface area contributed by atoms with Crippen LogP contribution in [0.3, 0.4) is 0 Å². The van der Waals surface area contributed by atoms with E-state index in [-0.39, 0.29) is 18.1 Å². The summed E-state index contributed by atoms with van der Waals surface area (Å²) >= 11 is 0. The molecule has 0 saturated heterocycles. The fourth-order valence-corrected chi connectivity index (χ4v) is 0.727. The summed E-state index contributed by atoms with van der Waals surface area (Å²) in [6.07, 6.45) is 6.38. The van der Waals surface area contributed by atoms with Crippen molar-refractivity contribution in [2.75, 3.05) is 13.6 Å². The Kier molecular flexibility index (Phi) is 2.49. The average molecular weight is 164 g/mol. The van der Waals surface area contributed by atoms with Crippen LogP contribution in [0.4, 0.5) is 0 Å². The lowest BCUT2D eigenvalue weighted by Gasteiger charge is -2.10. The summed E-state index contributed by atoms with van der Waals surface area (Å²) < 4.78 is 4.51. The largest absolute Gasteiger partial charge is 0.364 e. The first-order valence-electron chi connectivity index (χ1n) is 3.35. The molecule has 0 saturated carbocycles. The van der Waals surface area contributed by atoms with E-state index >= 15 is 0 Å². The van der Waals surface area contributed by atoms with E-state index in [0.717, 1.165) is 0 Å². The molecule has 0 aliphatic carbocycles. The predicted molar refractivity (Wildman–Crippen MR) is 42.3 cm³/mol. The topological polar surface area (TPSA) is 46.3 Å². The Balaban J connectivity index is 2.67. The van der Waals surface area contributed by atoms with E-state index in [0.29, 0.717) is 0 Å². The van der Waals surface area contributed by atoms with Gasteiger partial charge in [-0.25, -0.2) is 0 Å². The Morgan fingerprint density at radius 1 is 1.92 bits per heavy atom. The van der Waals surface area contributed by atoms with Gasteiger partial charge >= 0.3 is 0 Å². The highest BCUT2D eigenvalue weighted by atomic mass is 16.5. The first-order valence-corrected chi connectivity index (χ1v) is 3.35. The molecule has 62 valence electrons. The summed E-state index contributed by atoms with van der Waals surface area (Å²) in [5, 5.41) is 3.48. The molecule has 0 atom stereocenters. The fraction of sp³-hybridized carbons (Fsp3) is 0.250. The molecule has 1 aromatic heterocycles. The van der Waals surface area contributed by atoms with E-state index in [9.17, 15) is 4.79 Å². The van der Waals surface area contributed by atoms with Gasteiger partial charge < -0.3 is 9.42 Å². The first-order chi connectivity index (χ1) is 5.75. The molecule has 0 radical (unpaired) electrons. The van der Waals surface area contributed by atoms with Crippen molar-refractivity contribution in [1.29, 1.82) is 0 Å². The van der Waals surface area contributed by atoms with Crippen molar-refractivity contribution in [2.45, 2.75) is 0 Å². The standard InChI is InChI=1S/C8H8N2O2/c1-3-5-10(2)8(11)7-4-6-12-9-7/h1,4,6H,5H2,2H3. The van der Waals surface area contributed by atoms with Crippen molar-refractivity contribution in [3.05, 3.63) is 18.0 Å².